The summed E-state index contributed by atoms with van der Waals surface area (Å²) in [5.41, 5.74) is 0.973. The number of benzene rings is 1. The minimum Gasteiger partial charge on any atom is -0.467 e. The molecule has 1 saturated heterocycles. The van der Waals surface area contributed by atoms with E-state index in [9.17, 15) is 4.79 Å². The SMILES string of the molecule is O=C1/C(=C/c2ccc(-c3ccc(Br)cc3)o2)SC(=S)CN1Cc1ccco1. The number of rotatable bonds is 4. The highest BCUT2D eigenvalue weighted by molar-refractivity contribution is 9.10. The van der Waals surface area contributed by atoms with Crippen LogP contribution in [0, 0.1) is 0 Å². The lowest BCUT2D eigenvalue weighted by atomic mass is 10.2. The molecule has 4 nitrogen and oxygen atoms in total. The summed E-state index contributed by atoms with van der Waals surface area (Å²) in [6.45, 7) is 0.825. The molecule has 1 fully saturated rings. The molecule has 3 heterocycles. The van der Waals surface area contributed by atoms with Crippen molar-refractivity contribution >= 4 is 56.1 Å². The van der Waals surface area contributed by atoms with Crippen molar-refractivity contribution in [3.05, 3.63) is 75.7 Å². The summed E-state index contributed by atoms with van der Waals surface area (Å²) in [5.74, 6) is 2.02. The second kappa shape index (κ2) is 7.88. The molecule has 1 aliphatic rings. The molecule has 4 rings (SSSR count). The van der Waals surface area contributed by atoms with Gasteiger partial charge in [-0.05, 0) is 36.4 Å². The summed E-state index contributed by atoms with van der Waals surface area (Å²) in [6.07, 6.45) is 3.34. The number of furan rings is 2. The van der Waals surface area contributed by atoms with Gasteiger partial charge in [-0.2, -0.15) is 0 Å². The Hall–Kier alpha value is -2.09. The molecule has 3 aromatic rings. The van der Waals surface area contributed by atoms with Gasteiger partial charge >= 0.3 is 0 Å². The van der Waals surface area contributed by atoms with Gasteiger partial charge in [0.1, 0.15) is 17.3 Å². The monoisotopic (exact) mass is 459 g/mol. The Morgan fingerprint density at radius 1 is 1.19 bits per heavy atom. The zero-order chi connectivity index (χ0) is 18.8. The fraction of sp³-hybridized carbons (Fsp3) is 0.100. The second-order valence-electron chi connectivity index (χ2n) is 5.93. The van der Waals surface area contributed by atoms with Gasteiger partial charge in [0.2, 0.25) is 0 Å². The largest absolute Gasteiger partial charge is 0.467 e. The zero-order valence-electron chi connectivity index (χ0n) is 14.1. The van der Waals surface area contributed by atoms with E-state index in [1.165, 1.54) is 11.8 Å². The average Bonchev–Trinajstić information content (AvgIpc) is 3.32. The molecular formula is C20H14BrNO3S2. The lowest BCUT2D eigenvalue weighted by Crippen LogP contribution is -2.38. The van der Waals surface area contributed by atoms with Crippen molar-refractivity contribution in [3.63, 3.8) is 0 Å². The molecular weight excluding hydrogens is 446 g/mol. The van der Waals surface area contributed by atoms with Gasteiger partial charge in [0.05, 0.1) is 28.5 Å². The first-order chi connectivity index (χ1) is 13.1. The molecule has 1 aliphatic heterocycles. The normalized spacial score (nSPS) is 16.3. The van der Waals surface area contributed by atoms with E-state index in [1.54, 1.807) is 23.3 Å². The Bertz CT molecular complexity index is 1010. The quantitative estimate of drug-likeness (QED) is 0.367. The predicted molar refractivity (Wildman–Crippen MR) is 114 cm³/mol. The first-order valence-electron chi connectivity index (χ1n) is 8.18. The third-order valence-corrected chi connectivity index (χ3v) is 5.77. The molecule has 0 spiro atoms. The molecule has 0 saturated carbocycles. The van der Waals surface area contributed by atoms with Gasteiger partial charge in [0, 0.05) is 16.1 Å². The van der Waals surface area contributed by atoms with Crippen molar-refractivity contribution in [1.29, 1.82) is 0 Å². The van der Waals surface area contributed by atoms with Crippen LogP contribution < -0.4 is 0 Å². The highest BCUT2D eigenvalue weighted by atomic mass is 79.9. The van der Waals surface area contributed by atoms with Crippen molar-refractivity contribution in [1.82, 2.24) is 4.90 Å². The van der Waals surface area contributed by atoms with Gasteiger partial charge in [-0.15, -0.1) is 0 Å². The maximum Gasteiger partial charge on any atom is 0.261 e. The first-order valence-corrected chi connectivity index (χ1v) is 10.2. The molecule has 1 aromatic carbocycles. The fourth-order valence-electron chi connectivity index (χ4n) is 2.72. The van der Waals surface area contributed by atoms with Crippen LogP contribution in [0.5, 0.6) is 0 Å². The standard InChI is InChI=1S/C20H14BrNO3S2/c21-14-5-3-13(4-6-14)17-8-7-15(25-17)10-18-20(23)22(12-19(26)27-18)11-16-2-1-9-24-16/h1-10H,11-12H2/b18-10-. The Morgan fingerprint density at radius 2 is 2.00 bits per heavy atom. The van der Waals surface area contributed by atoms with Crippen LogP contribution in [0.25, 0.3) is 17.4 Å². The molecule has 1 amide bonds. The second-order valence-corrected chi connectivity index (χ2v) is 8.74. The van der Waals surface area contributed by atoms with E-state index >= 15 is 0 Å². The third-order valence-electron chi connectivity index (χ3n) is 4.00. The summed E-state index contributed by atoms with van der Waals surface area (Å²) in [6, 6.07) is 15.3. The molecule has 27 heavy (non-hydrogen) atoms. The first kappa shape index (κ1) is 18.3. The predicted octanol–water partition coefficient (Wildman–Crippen LogP) is 5.75. The van der Waals surface area contributed by atoms with E-state index < -0.39 is 0 Å². The maximum atomic E-state index is 12.8. The fourth-order valence-corrected chi connectivity index (χ4v) is 4.27. The van der Waals surface area contributed by atoms with Crippen LogP contribution in [-0.2, 0) is 11.3 Å². The van der Waals surface area contributed by atoms with Gasteiger partial charge in [-0.1, -0.05) is 52.0 Å². The number of hydrogen-bond donors (Lipinski definition) is 0. The number of amides is 1. The van der Waals surface area contributed by atoms with E-state index in [1.807, 2.05) is 42.5 Å². The zero-order valence-corrected chi connectivity index (χ0v) is 17.3. The summed E-state index contributed by atoms with van der Waals surface area (Å²) >= 11 is 10.1. The minimum absolute atomic E-state index is 0.0772. The molecule has 0 bridgehead atoms. The Balaban J connectivity index is 1.56. The van der Waals surface area contributed by atoms with Gasteiger partial charge < -0.3 is 13.7 Å². The number of thioether (sulfide) groups is 1. The van der Waals surface area contributed by atoms with Crippen LogP contribution in [0.2, 0.25) is 0 Å². The van der Waals surface area contributed by atoms with Crippen molar-refractivity contribution in [2.45, 2.75) is 6.54 Å². The van der Waals surface area contributed by atoms with Crippen molar-refractivity contribution in [2.24, 2.45) is 0 Å². The molecule has 7 heteroatoms. The van der Waals surface area contributed by atoms with E-state index in [0.29, 0.717) is 23.8 Å². The van der Waals surface area contributed by atoms with E-state index in [4.69, 9.17) is 21.1 Å². The van der Waals surface area contributed by atoms with Crippen molar-refractivity contribution in [3.8, 4) is 11.3 Å². The summed E-state index contributed by atoms with van der Waals surface area (Å²) in [7, 11) is 0. The summed E-state index contributed by atoms with van der Waals surface area (Å²) in [4.78, 5) is 15.0. The molecule has 0 atom stereocenters. The van der Waals surface area contributed by atoms with Crippen molar-refractivity contribution < 1.29 is 13.6 Å². The Morgan fingerprint density at radius 3 is 2.74 bits per heavy atom. The van der Waals surface area contributed by atoms with Crippen LogP contribution in [0.1, 0.15) is 11.5 Å². The summed E-state index contributed by atoms with van der Waals surface area (Å²) in [5, 5.41) is 0. The Kier molecular flexibility index (Phi) is 5.33. The molecule has 2 aromatic heterocycles. The maximum absolute atomic E-state index is 12.8. The van der Waals surface area contributed by atoms with Gasteiger partial charge in [0.15, 0.2) is 0 Å². The third kappa shape index (κ3) is 4.26. The van der Waals surface area contributed by atoms with Gasteiger partial charge in [-0.3, -0.25) is 4.79 Å². The van der Waals surface area contributed by atoms with Gasteiger partial charge in [0.25, 0.3) is 5.91 Å². The molecule has 0 unspecified atom stereocenters. The molecule has 0 aliphatic carbocycles. The van der Waals surface area contributed by atoms with E-state index in [2.05, 4.69) is 15.9 Å². The van der Waals surface area contributed by atoms with E-state index in [-0.39, 0.29) is 5.91 Å². The number of nitrogens with zero attached hydrogens (tertiary/aromatic N) is 1. The average molecular weight is 460 g/mol. The van der Waals surface area contributed by atoms with Gasteiger partial charge in [-0.25, -0.2) is 0 Å². The Labute approximate surface area is 174 Å². The van der Waals surface area contributed by atoms with E-state index in [0.717, 1.165) is 25.8 Å². The number of thiocarbonyl (C=S) groups is 1. The minimum atomic E-state index is -0.0772. The number of halogens is 1. The smallest absolute Gasteiger partial charge is 0.261 e. The topological polar surface area (TPSA) is 46.6 Å². The molecule has 136 valence electrons. The number of carbonyl (C=O) groups excluding carboxylic acids is 1. The van der Waals surface area contributed by atoms with Crippen LogP contribution in [0.15, 0.2) is 73.0 Å². The molecule has 0 radical (unpaired) electrons. The number of carbonyl (C=O) groups is 1. The lowest BCUT2D eigenvalue weighted by Gasteiger charge is -2.27. The van der Waals surface area contributed by atoms with Crippen LogP contribution in [-0.4, -0.2) is 21.5 Å². The number of hydrogen-bond acceptors (Lipinski definition) is 5. The van der Waals surface area contributed by atoms with Crippen LogP contribution in [0.4, 0.5) is 0 Å². The lowest BCUT2D eigenvalue weighted by molar-refractivity contribution is -0.126. The highest BCUT2D eigenvalue weighted by Crippen LogP contribution is 2.31. The summed E-state index contributed by atoms with van der Waals surface area (Å²) < 4.78 is 13.0. The highest BCUT2D eigenvalue weighted by Gasteiger charge is 2.28. The van der Waals surface area contributed by atoms with Crippen molar-refractivity contribution in [2.75, 3.05) is 6.54 Å². The molecule has 0 N–H and O–H groups in total. The van der Waals surface area contributed by atoms with Crippen LogP contribution in [0.3, 0.4) is 0 Å². The van der Waals surface area contributed by atoms with Crippen LogP contribution >= 0.6 is 39.9 Å².